The number of hydrogen-bond donors (Lipinski definition) is 0. The molecule has 0 saturated heterocycles. The van der Waals surface area contributed by atoms with Crippen LogP contribution in [0.1, 0.15) is 17.5 Å². The second-order valence-corrected chi connectivity index (χ2v) is 5.63. The number of hydrogen-bond acceptors (Lipinski definition) is 2. The zero-order chi connectivity index (χ0) is 15.0. The van der Waals surface area contributed by atoms with Gasteiger partial charge in [0.25, 0.3) is 0 Å². The van der Waals surface area contributed by atoms with Gasteiger partial charge in [0.05, 0.1) is 28.3 Å². The fourth-order valence-corrected chi connectivity index (χ4v) is 3.21. The van der Waals surface area contributed by atoms with Crippen molar-refractivity contribution >= 4 is 23.2 Å². The van der Waals surface area contributed by atoms with Crippen LogP contribution in [0.15, 0.2) is 24.3 Å². The van der Waals surface area contributed by atoms with Crippen LogP contribution in [0.2, 0.25) is 10.0 Å². The van der Waals surface area contributed by atoms with Gasteiger partial charge in [0, 0.05) is 11.1 Å². The van der Waals surface area contributed by atoms with Gasteiger partial charge >= 0.3 is 0 Å². The van der Waals surface area contributed by atoms with Crippen molar-refractivity contribution in [3.63, 3.8) is 0 Å². The first kappa shape index (κ1) is 14.2. The lowest BCUT2D eigenvalue weighted by molar-refractivity contribution is 0.289. The Hall–Kier alpha value is -1.76. The van der Waals surface area contributed by atoms with Gasteiger partial charge in [0.1, 0.15) is 11.6 Å². The number of benzene rings is 2. The van der Waals surface area contributed by atoms with Crippen molar-refractivity contribution in [1.82, 2.24) is 0 Å². The Morgan fingerprint density at radius 1 is 1.14 bits per heavy atom. The third kappa shape index (κ3) is 2.57. The summed E-state index contributed by atoms with van der Waals surface area (Å²) in [5, 5.41) is 9.55. The number of nitrogens with zero attached hydrogens (tertiary/aromatic N) is 1. The number of halogens is 3. The van der Waals surface area contributed by atoms with Crippen LogP contribution >= 0.6 is 23.2 Å². The van der Waals surface area contributed by atoms with Crippen LogP contribution in [0.4, 0.5) is 4.39 Å². The summed E-state index contributed by atoms with van der Waals surface area (Å²) in [6.45, 7) is 0.581. The highest BCUT2D eigenvalue weighted by atomic mass is 35.5. The van der Waals surface area contributed by atoms with Gasteiger partial charge in [-0.3, -0.25) is 0 Å². The molecule has 0 atom stereocenters. The average Bonchev–Trinajstić information content (AvgIpc) is 2.46. The molecule has 1 aliphatic heterocycles. The van der Waals surface area contributed by atoms with Crippen molar-refractivity contribution in [1.29, 1.82) is 5.26 Å². The van der Waals surface area contributed by atoms with Crippen molar-refractivity contribution in [2.75, 3.05) is 6.61 Å². The van der Waals surface area contributed by atoms with Crippen LogP contribution in [-0.4, -0.2) is 6.61 Å². The van der Waals surface area contributed by atoms with Gasteiger partial charge in [-0.15, -0.1) is 0 Å². The average molecular weight is 322 g/mol. The first-order valence-electron chi connectivity index (χ1n) is 6.45. The highest BCUT2D eigenvalue weighted by Gasteiger charge is 2.21. The van der Waals surface area contributed by atoms with Crippen LogP contribution in [0.5, 0.6) is 5.75 Å². The first-order chi connectivity index (χ1) is 10.1. The molecule has 0 radical (unpaired) electrons. The Morgan fingerprint density at radius 3 is 2.52 bits per heavy atom. The van der Waals surface area contributed by atoms with Crippen molar-refractivity contribution in [2.24, 2.45) is 0 Å². The Kier molecular flexibility index (Phi) is 3.75. The lowest BCUT2D eigenvalue weighted by Crippen LogP contribution is -2.10. The van der Waals surface area contributed by atoms with Crippen molar-refractivity contribution in [2.45, 2.75) is 12.8 Å². The molecule has 0 N–H and O–H groups in total. The normalized spacial score (nSPS) is 13.2. The summed E-state index contributed by atoms with van der Waals surface area (Å²) in [6.07, 6.45) is 1.61. The lowest BCUT2D eigenvalue weighted by atomic mass is 9.96. The predicted octanol–water partition coefficient (Wildman–Crippen LogP) is 5.00. The molecule has 0 aliphatic carbocycles. The smallest absolute Gasteiger partial charge is 0.130 e. The Morgan fingerprint density at radius 2 is 1.86 bits per heavy atom. The zero-order valence-corrected chi connectivity index (χ0v) is 12.4. The van der Waals surface area contributed by atoms with Crippen molar-refractivity contribution < 1.29 is 9.13 Å². The Balaban J connectivity index is 2.26. The molecule has 2 nitrogen and oxygen atoms in total. The molecule has 2 aromatic rings. The van der Waals surface area contributed by atoms with E-state index in [9.17, 15) is 4.39 Å². The third-order valence-corrected chi connectivity index (χ3v) is 4.00. The Bertz CT molecular complexity index is 745. The molecular formula is C16H10Cl2FNO. The maximum absolute atomic E-state index is 13.9. The van der Waals surface area contributed by atoms with Gasteiger partial charge in [-0.05, 0) is 42.7 Å². The second-order valence-electron chi connectivity index (χ2n) is 4.82. The number of aryl methyl sites for hydroxylation is 1. The molecule has 1 heterocycles. The first-order valence-corrected chi connectivity index (χ1v) is 7.20. The Labute approximate surface area is 131 Å². The van der Waals surface area contributed by atoms with E-state index >= 15 is 0 Å². The molecule has 21 heavy (non-hydrogen) atoms. The van der Waals surface area contributed by atoms with Gasteiger partial charge in [-0.1, -0.05) is 23.2 Å². The highest BCUT2D eigenvalue weighted by molar-refractivity contribution is 6.39. The fraction of sp³-hybridized carbons (Fsp3) is 0.188. The van der Waals surface area contributed by atoms with Crippen LogP contribution in [0, 0.1) is 17.1 Å². The summed E-state index contributed by atoms with van der Waals surface area (Å²) in [5.74, 6) is 0.266. The summed E-state index contributed by atoms with van der Waals surface area (Å²) in [4.78, 5) is 0. The minimum absolute atomic E-state index is 0.307. The van der Waals surface area contributed by atoms with Gasteiger partial charge < -0.3 is 4.74 Å². The number of nitriles is 1. The molecule has 0 amide bonds. The van der Waals surface area contributed by atoms with Crippen LogP contribution in [0.25, 0.3) is 11.1 Å². The molecule has 0 unspecified atom stereocenters. The maximum atomic E-state index is 13.9. The number of fused-ring (bicyclic) bond motifs is 1. The number of ether oxygens (including phenoxy) is 1. The largest absolute Gasteiger partial charge is 0.493 e. The molecule has 5 heteroatoms. The summed E-state index contributed by atoms with van der Waals surface area (Å²) < 4.78 is 19.5. The standard InChI is InChI=1S/C16H10Cl2FNO/c17-13-4-9(8-20)5-14(18)15(13)12-7-11(19)6-10-2-1-3-21-16(10)12/h4-7H,1-3H2. The monoisotopic (exact) mass is 321 g/mol. The minimum atomic E-state index is -0.356. The summed E-state index contributed by atoms with van der Waals surface area (Å²) in [6, 6.07) is 7.86. The van der Waals surface area contributed by atoms with E-state index in [-0.39, 0.29) is 5.82 Å². The van der Waals surface area contributed by atoms with E-state index in [0.29, 0.717) is 39.1 Å². The maximum Gasteiger partial charge on any atom is 0.130 e. The summed E-state index contributed by atoms with van der Waals surface area (Å²) in [5.41, 5.74) is 2.20. The highest BCUT2D eigenvalue weighted by Crippen LogP contribution is 2.43. The van der Waals surface area contributed by atoms with E-state index in [1.165, 1.54) is 24.3 Å². The van der Waals surface area contributed by atoms with Gasteiger partial charge in [0.15, 0.2) is 0 Å². The molecule has 0 saturated carbocycles. The van der Waals surface area contributed by atoms with Crippen LogP contribution < -0.4 is 4.74 Å². The molecule has 0 fully saturated rings. The molecule has 1 aliphatic rings. The molecule has 0 bridgehead atoms. The topological polar surface area (TPSA) is 33.0 Å². The second kappa shape index (κ2) is 5.55. The van der Waals surface area contributed by atoms with E-state index in [1.807, 2.05) is 6.07 Å². The van der Waals surface area contributed by atoms with E-state index in [4.69, 9.17) is 33.2 Å². The molecular weight excluding hydrogens is 312 g/mol. The van der Waals surface area contributed by atoms with Crippen LogP contribution in [-0.2, 0) is 6.42 Å². The van der Waals surface area contributed by atoms with E-state index in [1.54, 1.807) is 0 Å². The molecule has 106 valence electrons. The number of rotatable bonds is 1. The van der Waals surface area contributed by atoms with Gasteiger partial charge in [0.2, 0.25) is 0 Å². The SMILES string of the molecule is N#Cc1cc(Cl)c(-c2cc(F)cc3c2OCCC3)c(Cl)c1. The molecule has 3 rings (SSSR count). The third-order valence-electron chi connectivity index (χ3n) is 3.41. The van der Waals surface area contributed by atoms with Crippen molar-refractivity contribution in [3.8, 4) is 22.9 Å². The fourth-order valence-electron chi connectivity index (χ4n) is 2.52. The van der Waals surface area contributed by atoms with Crippen LogP contribution in [0.3, 0.4) is 0 Å². The van der Waals surface area contributed by atoms with E-state index in [0.717, 1.165) is 18.4 Å². The molecule has 0 aromatic heterocycles. The lowest BCUT2D eigenvalue weighted by Gasteiger charge is -2.21. The molecule has 0 spiro atoms. The quantitative estimate of drug-likeness (QED) is 0.740. The zero-order valence-electron chi connectivity index (χ0n) is 10.9. The summed E-state index contributed by atoms with van der Waals surface area (Å²) >= 11 is 12.5. The van der Waals surface area contributed by atoms with Gasteiger partial charge in [-0.25, -0.2) is 4.39 Å². The van der Waals surface area contributed by atoms with Crippen molar-refractivity contribution in [3.05, 3.63) is 51.3 Å². The van der Waals surface area contributed by atoms with E-state index in [2.05, 4.69) is 0 Å². The molecule has 2 aromatic carbocycles. The predicted molar refractivity (Wildman–Crippen MR) is 80.4 cm³/mol. The minimum Gasteiger partial charge on any atom is -0.493 e. The summed E-state index contributed by atoms with van der Waals surface area (Å²) in [7, 11) is 0. The van der Waals surface area contributed by atoms with Gasteiger partial charge in [-0.2, -0.15) is 5.26 Å². The van der Waals surface area contributed by atoms with E-state index < -0.39 is 0 Å².